The topological polar surface area (TPSA) is 29.1 Å². The van der Waals surface area contributed by atoms with Crippen LogP contribution in [-0.2, 0) is 6.54 Å². The highest BCUT2D eigenvalue weighted by Gasteiger charge is 2.28. The second-order valence-corrected chi connectivity index (χ2v) is 3.17. The number of hydrogen-bond donors (Lipinski definition) is 1. The van der Waals surface area contributed by atoms with Crippen molar-refractivity contribution >= 4 is 18.3 Å². The number of rotatable bonds is 1. The molecule has 14 heavy (non-hydrogen) atoms. The third-order valence-corrected chi connectivity index (χ3v) is 2.19. The zero-order valence-electron chi connectivity index (χ0n) is 7.06. The molecule has 1 N–H and O–H groups in total. The van der Waals surface area contributed by atoms with Crippen LogP contribution in [0.1, 0.15) is 15.9 Å². The number of hydrogen-bond acceptors (Lipinski definition) is 1. The maximum Gasteiger partial charge on any atom is 0.509 e. The Morgan fingerprint density at radius 3 is 2.64 bits per heavy atom. The van der Waals surface area contributed by atoms with Crippen LogP contribution in [0.2, 0.25) is 0 Å². The van der Waals surface area contributed by atoms with Gasteiger partial charge < -0.3 is 18.3 Å². The maximum absolute atomic E-state index is 12.3. The summed E-state index contributed by atoms with van der Waals surface area (Å²) < 4.78 is 36.9. The predicted octanol–water partition coefficient (Wildman–Crippen LogP) is 0.984. The monoisotopic (exact) mass is 200 g/mol. The molecular weight excluding hydrogens is 194 g/mol. The maximum atomic E-state index is 12.3. The van der Waals surface area contributed by atoms with Crippen LogP contribution in [0.4, 0.5) is 12.9 Å². The first-order valence-corrected chi connectivity index (χ1v) is 4.09. The van der Waals surface area contributed by atoms with E-state index in [2.05, 4.69) is 5.32 Å². The quantitative estimate of drug-likeness (QED) is 0.672. The number of fused-ring (bicyclic) bond motifs is 1. The standard InChI is InChI=1S/C8H6BF3NO/c10-9(11,12)6-1-2-7-5(3-6)4-13-8(7)14/h1-3H,4H2,(H,13,14)/q-1. The summed E-state index contributed by atoms with van der Waals surface area (Å²) >= 11 is 0. The molecule has 74 valence electrons. The fraction of sp³-hybridized carbons (Fsp3) is 0.125. The number of carbonyl (C=O) groups is 1. The summed E-state index contributed by atoms with van der Waals surface area (Å²) in [5, 5.41) is 2.46. The molecule has 6 heteroatoms. The van der Waals surface area contributed by atoms with Crippen molar-refractivity contribution in [2.24, 2.45) is 0 Å². The van der Waals surface area contributed by atoms with Crippen LogP contribution in [-0.4, -0.2) is 12.9 Å². The number of halogens is 3. The van der Waals surface area contributed by atoms with Gasteiger partial charge in [-0.3, -0.25) is 4.79 Å². The molecule has 2 rings (SSSR count). The molecule has 0 spiro atoms. The molecule has 0 bridgehead atoms. The van der Waals surface area contributed by atoms with Crippen LogP contribution in [0.3, 0.4) is 0 Å². The molecule has 1 heterocycles. The van der Waals surface area contributed by atoms with Gasteiger partial charge in [0.15, 0.2) is 0 Å². The third-order valence-electron chi connectivity index (χ3n) is 2.19. The van der Waals surface area contributed by atoms with Crippen molar-refractivity contribution in [3.05, 3.63) is 29.3 Å². The smallest absolute Gasteiger partial charge is 0.445 e. The first kappa shape index (κ1) is 9.11. The minimum absolute atomic E-state index is 0.189. The molecule has 0 unspecified atom stereocenters. The van der Waals surface area contributed by atoms with Gasteiger partial charge in [-0.1, -0.05) is 18.2 Å². The van der Waals surface area contributed by atoms with Gasteiger partial charge in [-0.15, -0.1) is 5.46 Å². The summed E-state index contributed by atoms with van der Waals surface area (Å²) in [5.41, 5.74) is 0.112. The lowest BCUT2D eigenvalue weighted by Crippen LogP contribution is -2.34. The van der Waals surface area contributed by atoms with E-state index in [9.17, 15) is 17.7 Å². The van der Waals surface area contributed by atoms with Gasteiger partial charge in [0.1, 0.15) is 0 Å². The van der Waals surface area contributed by atoms with Gasteiger partial charge >= 0.3 is 6.98 Å². The summed E-state index contributed by atoms with van der Waals surface area (Å²) in [4.78, 5) is 11.0. The number of nitrogens with one attached hydrogen (secondary N) is 1. The van der Waals surface area contributed by atoms with Crippen molar-refractivity contribution in [2.75, 3.05) is 0 Å². The van der Waals surface area contributed by atoms with E-state index in [1.807, 2.05) is 0 Å². The van der Waals surface area contributed by atoms with Gasteiger partial charge in [0.25, 0.3) is 5.91 Å². The fourth-order valence-electron chi connectivity index (χ4n) is 1.46. The Bertz CT molecular complexity index is 402. The summed E-state index contributed by atoms with van der Waals surface area (Å²) in [7, 11) is 0. The summed E-state index contributed by atoms with van der Waals surface area (Å²) in [6.45, 7) is -4.78. The Labute approximate surface area is 78.2 Å². The van der Waals surface area contributed by atoms with E-state index in [0.29, 0.717) is 11.1 Å². The molecule has 1 aliphatic heterocycles. The van der Waals surface area contributed by atoms with Gasteiger partial charge in [0.05, 0.1) is 0 Å². The molecule has 1 aromatic rings. The number of amides is 1. The zero-order chi connectivity index (χ0) is 10.3. The van der Waals surface area contributed by atoms with Crippen molar-refractivity contribution in [1.82, 2.24) is 5.32 Å². The van der Waals surface area contributed by atoms with Crippen molar-refractivity contribution in [2.45, 2.75) is 6.54 Å². The molecule has 0 fully saturated rings. The van der Waals surface area contributed by atoms with Crippen LogP contribution in [0.15, 0.2) is 18.2 Å². The Morgan fingerprint density at radius 2 is 2.00 bits per heavy atom. The van der Waals surface area contributed by atoms with E-state index in [1.165, 1.54) is 6.07 Å². The van der Waals surface area contributed by atoms with E-state index in [1.54, 1.807) is 0 Å². The van der Waals surface area contributed by atoms with E-state index in [4.69, 9.17) is 0 Å². The van der Waals surface area contributed by atoms with Gasteiger partial charge in [-0.05, 0) is 5.56 Å². The molecule has 0 atom stereocenters. The molecule has 0 saturated carbocycles. The van der Waals surface area contributed by atoms with Gasteiger partial charge in [-0.25, -0.2) is 0 Å². The van der Waals surface area contributed by atoms with Crippen LogP contribution >= 0.6 is 0 Å². The predicted molar refractivity (Wildman–Crippen MR) is 46.3 cm³/mol. The highest BCUT2D eigenvalue weighted by atomic mass is 19.4. The summed E-state index contributed by atoms with van der Waals surface area (Å²) in [6, 6.07) is 3.21. The number of benzene rings is 1. The minimum atomic E-state index is -4.97. The van der Waals surface area contributed by atoms with E-state index in [-0.39, 0.29) is 12.5 Å². The first-order valence-electron chi connectivity index (χ1n) is 4.09. The van der Waals surface area contributed by atoms with Crippen molar-refractivity contribution in [3.8, 4) is 0 Å². The lowest BCUT2D eigenvalue weighted by atomic mass is 9.79. The second kappa shape index (κ2) is 2.77. The molecule has 0 aromatic heterocycles. The van der Waals surface area contributed by atoms with Crippen molar-refractivity contribution in [1.29, 1.82) is 0 Å². The average molecular weight is 200 g/mol. The zero-order valence-corrected chi connectivity index (χ0v) is 7.06. The minimum Gasteiger partial charge on any atom is -0.445 e. The molecule has 0 radical (unpaired) electrons. The average Bonchev–Trinajstić information content (AvgIpc) is 2.46. The molecule has 2 nitrogen and oxygen atoms in total. The Hall–Kier alpha value is -1.46. The van der Waals surface area contributed by atoms with E-state index in [0.717, 1.165) is 12.1 Å². The van der Waals surface area contributed by atoms with Crippen molar-refractivity contribution in [3.63, 3.8) is 0 Å². The Balaban J connectivity index is 2.47. The Morgan fingerprint density at radius 1 is 1.29 bits per heavy atom. The SMILES string of the molecule is O=C1NCc2cc([B-](F)(F)F)ccc21. The molecule has 0 aliphatic carbocycles. The lowest BCUT2D eigenvalue weighted by Gasteiger charge is -2.15. The normalized spacial score (nSPS) is 15.2. The van der Waals surface area contributed by atoms with Crippen molar-refractivity contribution < 1.29 is 17.7 Å². The van der Waals surface area contributed by atoms with Gasteiger partial charge in [-0.2, -0.15) is 0 Å². The van der Waals surface area contributed by atoms with Gasteiger partial charge in [0, 0.05) is 12.1 Å². The Kier molecular flexibility index (Phi) is 1.80. The van der Waals surface area contributed by atoms with Crippen LogP contribution in [0.5, 0.6) is 0 Å². The highest BCUT2D eigenvalue weighted by Crippen LogP contribution is 2.17. The third kappa shape index (κ3) is 1.36. The fourth-order valence-corrected chi connectivity index (χ4v) is 1.46. The molecule has 0 saturated heterocycles. The molecule has 1 aromatic carbocycles. The van der Waals surface area contributed by atoms with Gasteiger partial charge in [0.2, 0.25) is 0 Å². The largest absolute Gasteiger partial charge is 0.509 e. The van der Waals surface area contributed by atoms with E-state index >= 15 is 0 Å². The van der Waals surface area contributed by atoms with Crippen LogP contribution in [0.25, 0.3) is 0 Å². The number of carbonyl (C=O) groups excluding carboxylic acids is 1. The highest BCUT2D eigenvalue weighted by molar-refractivity contribution is 6.73. The molecule has 1 amide bonds. The molecule has 1 aliphatic rings. The lowest BCUT2D eigenvalue weighted by molar-refractivity contribution is 0.0965. The van der Waals surface area contributed by atoms with Crippen LogP contribution < -0.4 is 10.8 Å². The molecular formula is C8H6BF3NO-. The first-order chi connectivity index (χ1) is 6.48. The summed E-state index contributed by atoms with van der Waals surface area (Å²) in [5.74, 6) is -0.304. The van der Waals surface area contributed by atoms with E-state index < -0.39 is 12.4 Å². The van der Waals surface area contributed by atoms with Crippen LogP contribution in [0, 0.1) is 0 Å². The summed E-state index contributed by atoms with van der Waals surface area (Å²) in [6.07, 6.45) is 0. The second-order valence-electron chi connectivity index (χ2n) is 3.17.